The van der Waals surface area contributed by atoms with E-state index in [2.05, 4.69) is 79.2 Å². The Hall–Kier alpha value is -3.45. The molecule has 7 nitrogen and oxygen atoms in total. The molecule has 0 saturated carbocycles. The summed E-state index contributed by atoms with van der Waals surface area (Å²) < 4.78 is 5.78. The molecule has 1 saturated heterocycles. The smallest absolute Gasteiger partial charge is 0.275 e. The van der Waals surface area contributed by atoms with Crippen LogP contribution >= 0.6 is 0 Å². The van der Waals surface area contributed by atoms with Crippen LogP contribution in [-0.4, -0.2) is 57.7 Å². The van der Waals surface area contributed by atoms with Crippen molar-refractivity contribution in [1.82, 2.24) is 19.7 Å². The van der Waals surface area contributed by atoms with Crippen molar-refractivity contribution in [2.24, 2.45) is 0 Å². The van der Waals surface area contributed by atoms with Gasteiger partial charge in [0.2, 0.25) is 11.8 Å². The summed E-state index contributed by atoms with van der Waals surface area (Å²) in [5.41, 5.74) is 4.06. The highest BCUT2D eigenvalue weighted by Gasteiger charge is 2.26. The van der Waals surface area contributed by atoms with Gasteiger partial charge in [-0.25, -0.2) is 4.98 Å². The molecule has 0 bridgehead atoms. The Balaban J connectivity index is 1.48. The molecule has 36 heavy (non-hydrogen) atoms. The van der Waals surface area contributed by atoms with E-state index in [4.69, 9.17) is 4.42 Å². The monoisotopic (exact) mass is 488 g/mol. The molecule has 1 fully saturated rings. The van der Waals surface area contributed by atoms with E-state index in [1.54, 1.807) is 16.7 Å². The largest absolute Gasteiger partial charge is 0.447 e. The van der Waals surface area contributed by atoms with Crippen molar-refractivity contribution in [2.45, 2.75) is 52.7 Å². The summed E-state index contributed by atoms with van der Waals surface area (Å²) in [6, 6.07) is 19.3. The Labute approximate surface area is 213 Å². The van der Waals surface area contributed by atoms with Gasteiger partial charge in [-0.15, -0.1) is 0 Å². The predicted octanol–water partition coefficient (Wildman–Crippen LogP) is 4.87. The average Bonchev–Trinajstić information content (AvgIpc) is 3.37. The molecule has 4 rings (SSSR count). The molecule has 1 aromatic heterocycles. The molecule has 1 unspecified atom stereocenters. The minimum atomic E-state index is -0.153. The third-order valence-corrected chi connectivity index (χ3v) is 6.98. The lowest BCUT2D eigenvalue weighted by atomic mass is 10.0. The van der Waals surface area contributed by atoms with Gasteiger partial charge in [0.05, 0.1) is 6.54 Å². The van der Waals surface area contributed by atoms with Gasteiger partial charge in [-0.1, -0.05) is 68.4 Å². The molecule has 2 aromatic carbocycles. The summed E-state index contributed by atoms with van der Waals surface area (Å²) in [6.45, 7) is 11.4. The first kappa shape index (κ1) is 25.6. The maximum absolute atomic E-state index is 13.0. The fraction of sp³-hybridized carbons (Fsp3) is 0.414. The van der Waals surface area contributed by atoms with Gasteiger partial charge in [0.1, 0.15) is 6.26 Å². The Morgan fingerprint density at radius 3 is 2.14 bits per heavy atom. The van der Waals surface area contributed by atoms with Crippen molar-refractivity contribution in [2.75, 3.05) is 26.2 Å². The van der Waals surface area contributed by atoms with Crippen LogP contribution < -0.4 is 0 Å². The van der Waals surface area contributed by atoms with Crippen LogP contribution in [0, 0.1) is 0 Å². The highest BCUT2D eigenvalue weighted by atomic mass is 16.3. The molecular formula is C29H36N4O3. The number of benzene rings is 2. The van der Waals surface area contributed by atoms with Crippen LogP contribution in [0.1, 0.15) is 72.7 Å². The van der Waals surface area contributed by atoms with Gasteiger partial charge in [-0.2, -0.15) is 0 Å². The minimum absolute atomic E-state index is 0.0392. The zero-order valence-corrected chi connectivity index (χ0v) is 21.7. The second kappa shape index (κ2) is 11.5. The standard InChI is InChI=1S/C29H36N4O3/c1-21(2)25-12-10-24(11-13-25)18-33(22(3)26-8-6-5-7-9-26)19-28-30-27(20-36-28)29(35)32-16-14-31(15-17-32)23(4)34/h5-13,20-22H,14-19H2,1-4H3. The lowest BCUT2D eigenvalue weighted by molar-refractivity contribution is -0.130. The number of hydrogen-bond acceptors (Lipinski definition) is 5. The summed E-state index contributed by atoms with van der Waals surface area (Å²) in [7, 11) is 0. The lowest BCUT2D eigenvalue weighted by Gasteiger charge is -2.33. The van der Waals surface area contributed by atoms with Gasteiger partial charge in [-0.3, -0.25) is 14.5 Å². The van der Waals surface area contributed by atoms with E-state index in [1.807, 2.05) is 6.07 Å². The average molecular weight is 489 g/mol. The lowest BCUT2D eigenvalue weighted by Crippen LogP contribution is -2.50. The second-order valence-corrected chi connectivity index (χ2v) is 9.81. The minimum Gasteiger partial charge on any atom is -0.447 e. The number of rotatable bonds is 8. The molecule has 7 heteroatoms. The topological polar surface area (TPSA) is 69.9 Å². The zero-order chi connectivity index (χ0) is 25.7. The van der Waals surface area contributed by atoms with E-state index in [0.717, 1.165) is 6.54 Å². The molecule has 0 N–H and O–H groups in total. The van der Waals surface area contributed by atoms with Crippen molar-refractivity contribution in [3.8, 4) is 0 Å². The van der Waals surface area contributed by atoms with Gasteiger partial charge in [0, 0.05) is 45.7 Å². The molecule has 2 amide bonds. The van der Waals surface area contributed by atoms with Gasteiger partial charge < -0.3 is 14.2 Å². The molecule has 1 aliphatic rings. The molecule has 1 aliphatic heterocycles. The highest BCUT2D eigenvalue weighted by molar-refractivity contribution is 5.92. The highest BCUT2D eigenvalue weighted by Crippen LogP contribution is 2.25. The van der Waals surface area contributed by atoms with E-state index in [0.29, 0.717) is 50.2 Å². The fourth-order valence-electron chi connectivity index (χ4n) is 4.56. The normalized spacial score (nSPS) is 14.9. The Morgan fingerprint density at radius 1 is 0.889 bits per heavy atom. The van der Waals surface area contributed by atoms with Crippen molar-refractivity contribution >= 4 is 11.8 Å². The molecule has 190 valence electrons. The van der Waals surface area contributed by atoms with Crippen LogP contribution in [0.4, 0.5) is 0 Å². The predicted molar refractivity (Wildman–Crippen MR) is 139 cm³/mol. The maximum Gasteiger partial charge on any atom is 0.275 e. The quantitative estimate of drug-likeness (QED) is 0.453. The van der Waals surface area contributed by atoms with Gasteiger partial charge >= 0.3 is 0 Å². The molecule has 3 aromatic rings. The van der Waals surface area contributed by atoms with E-state index in [1.165, 1.54) is 23.0 Å². The van der Waals surface area contributed by atoms with Gasteiger partial charge in [0.15, 0.2) is 5.69 Å². The number of piperazine rings is 1. The maximum atomic E-state index is 13.0. The van der Waals surface area contributed by atoms with E-state index in [9.17, 15) is 9.59 Å². The molecule has 0 spiro atoms. The summed E-state index contributed by atoms with van der Waals surface area (Å²) in [4.78, 5) is 34.9. The van der Waals surface area contributed by atoms with Gasteiger partial charge in [0.25, 0.3) is 5.91 Å². The first-order valence-electron chi connectivity index (χ1n) is 12.7. The van der Waals surface area contributed by atoms with Crippen molar-refractivity contribution in [1.29, 1.82) is 0 Å². The van der Waals surface area contributed by atoms with E-state index >= 15 is 0 Å². The summed E-state index contributed by atoms with van der Waals surface area (Å²) in [5.74, 6) is 0.895. The summed E-state index contributed by atoms with van der Waals surface area (Å²) in [5, 5.41) is 0. The van der Waals surface area contributed by atoms with Crippen LogP contribution in [-0.2, 0) is 17.9 Å². The molecular weight excluding hydrogens is 452 g/mol. The van der Waals surface area contributed by atoms with E-state index < -0.39 is 0 Å². The fourth-order valence-corrected chi connectivity index (χ4v) is 4.56. The number of carbonyl (C=O) groups excluding carboxylic acids is 2. The van der Waals surface area contributed by atoms with Crippen LogP contribution in [0.25, 0.3) is 0 Å². The number of aromatic nitrogens is 1. The summed E-state index contributed by atoms with van der Waals surface area (Å²) >= 11 is 0. The number of carbonyl (C=O) groups is 2. The Morgan fingerprint density at radius 2 is 1.53 bits per heavy atom. The molecule has 0 radical (unpaired) electrons. The Bertz CT molecular complexity index is 1150. The second-order valence-electron chi connectivity index (χ2n) is 9.81. The number of nitrogens with zero attached hydrogens (tertiary/aromatic N) is 4. The van der Waals surface area contributed by atoms with Crippen molar-refractivity contribution in [3.63, 3.8) is 0 Å². The first-order chi connectivity index (χ1) is 17.3. The molecule has 0 aliphatic carbocycles. The zero-order valence-electron chi connectivity index (χ0n) is 21.7. The van der Waals surface area contributed by atoms with Crippen LogP contribution in [0.2, 0.25) is 0 Å². The van der Waals surface area contributed by atoms with Gasteiger partial charge in [-0.05, 0) is 29.5 Å². The number of amides is 2. The van der Waals surface area contributed by atoms with E-state index in [-0.39, 0.29) is 17.9 Å². The van der Waals surface area contributed by atoms with Crippen molar-refractivity contribution in [3.05, 3.63) is 89.1 Å². The first-order valence-corrected chi connectivity index (χ1v) is 12.7. The third-order valence-electron chi connectivity index (χ3n) is 6.98. The summed E-state index contributed by atoms with van der Waals surface area (Å²) in [6.07, 6.45) is 1.46. The van der Waals surface area contributed by atoms with Crippen LogP contribution in [0.15, 0.2) is 65.3 Å². The SMILES string of the molecule is CC(=O)N1CCN(C(=O)c2coc(CN(Cc3ccc(C(C)C)cc3)C(C)c3ccccc3)n2)CC1. The third kappa shape index (κ3) is 6.21. The Kier molecular flexibility index (Phi) is 8.21. The number of hydrogen-bond donors (Lipinski definition) is 0. The van der Waals surface area contributed by atoms with Crippen molar-refractivity contribution < 1.29 is 14.0 Å². The van der Waals surface area contributed by atoms with Crippen LogP contribution in [0.3, 0.4) is 0 Å². The number of oxazole rings is 1. The van der Waals surface area contributed by atoms with Crippen LogP contribution in [0.5, 0.6) is 0 Å². The molecule has 2 heterocycles. The molecule has 1 atom stereocenters.